The van der Waals surface area contributed by atoms with E-state index in [1.807, 2.05) is 6.07 Å². The second-order valence-corrected chi connectivity index (χ2v) is 6.90. The zero-order valence-corrected chi connectivity index (χ0v) is 12.9. The van der Waals surface area contributed by atoms with Crippen molar-refractivity contribution in [2.75, 3.05) is 7.11 Å². The number of ether oxygens (including phenoxy) is 1. The third-order valence-electron chi connectivity index (χ3n) is 3.19. The van der Waals surface area contributed by atoms with Crippen molar-refractivity contribution < 1.29 is 14.6 Å². The summed E-state index contributed by atoms with van der Waals surface area (Å²) < 4.78 is 5.23. The summed E-state index contributed by atoms with van der Waals surface area (Å²) in [5.41, 5.74) is 2.23. The van der Waals surface area contributed by atoms with E-state index in [2.05, 4.69) is 41.5 Å². The fraction of sp³-hybridized carbons (Fsp3) is 0.562. The molecular formula is C16H24O3. The Kier molecular flexibility index (Phi) is 3.99. The van der Waals surface area contributed by atoms with Gasteiger partial charge in [0.15, 0.2) is 0 Å². The molecular weight excluding hydrogens is 240 g/mol. The highest BCUT2D eigenvalue weighted by atomic mass is 16.5. The zero-order valence-electron chi connectivity index (χ0n) is 12.9. The lowest BCUT2D eigenvalue weighted by Crippen LogP contribution is -2.23. The van der Waals surface area contributed by atoms with Crippen molar-refractivity contribution in [3.05, 3.63) is 28.8 Å². The lowest BCUT2D eigenvalue weighted by atomic mass is 9.74. The van der Waals surface area contributed by atoms with E-state index in [1.54, 1.807) is 6.07 Å². The van der Waals surface area contributed by atoms with E-state index in [4.69, 9.17) is 4.74 Å². The average molecular weight is 264 g/mol. The molecule has 0 bridgehead atoms. The van der Waals surface area contributed by atoms with Crippen molar-refractivity contribution in [3.63, 3.8) is 0 Å². The van der Waals surface area contributed by atoms with Gasteiger partial charge in [-0.1, -0.05) is 41.5 Å². The van der Waals surface area contributed by atoms with Crippen LogP contribution >= 0.6 is 0 Å². The molecule has 3 nitrogen and oxygen atoms in total. The minimum atomic E-state index is -0.956. The van der Waals surface area contributed by atoms with Gasteiger partial charge in [0.25, 0.3) is 0 Å². The number of hydrogen-bond acceptors (Lipinski definition) is 2. The van der Waals surface area contributed by atoms with Crippen molar-refractivity contribution in [2.24, 2.45) is 0 Å². The van der Waals surface area contributed by atoms with Crippen LogP contribution in [0, 0.1) is 0 Å². The zero-order chi connectivity index (χ0) is 15.0. The van der Waals surface area contributed by atoms with Crippen LogP contribution in [0.25, 0.3) is 0 Å². The van der Waals surface area contributed by atoms with E-state index in [-0.39, 0.29) is 16.4 Å². The van der Waals surface area contributed by atoms with Gasteiger partial charge in [-0.25, -0.2) is 4.79 Å². The van der Waals surface area contributed by atoms with Crippen molar-refractivity contribution >= 4 is 5.97 Å². The maximum atomic E-state index is 11.3. The van der Waals surface area contributed by atoms with Gasteiger partial charge >= 0.3 is 5.97 Å². The van der Waals surface area contributed by atoms with Gasteiger partial charge in [-0.05, 0) is 34.1 Å². The van der Waals surface area contributed by atoms with Gasteiger partial charge in [0, 0.05) is 0 Å². The molecule has 0 fully saturated rings. The van der Waals surface area contributed by atoms with Crippen molar-refractivity contribution in [3.8, 4) is 5.75 Å². The third kappa shape index (κ3) is 3.28. The van der Waals surface area contributed by atoms with Crippen LogP contribution in [0.2, 0.25) is 0 Å². The highest BCUT2D eigenvalue weighted by Crippen LogP contribution is 2.38. The van der Waals surface area contributed by atoms with Gasteiger partial charge in [0.1, 0.15) is 11.3 Å². The summed E-state index contributed by atoms with van der Waals surface area (Å²) >= 11 is 0. The van der Waals surface area contributed by atoms with E-state index in [0.717, 1.165) is 11.1 Å². The first kappa shape index (κ1) is 15.5. The van der Waals surface area contributed by atoms with E-state index in [1.165, 1.54) is 7.11 Å². The average Bonchev–Trinajstić information content (AvgIpc) is 2.24. The Morgan fingerprint density at radius 1 is 1.00 bits per heavy atom. The van der Waals surface area contributed by atoms with Crippen LogP contribution in [0.5, 0.6) is 5.75 Å². The minimum absolute atomic E-state index is 0.0626. The molecule has 0 saturated heterocycles. The molecule has 0 aliphatic carbocycles. The van der Waals surface area contributed by atoms with Crippen LogP contribution in [-0.4, -0.2) is 18.2 Å². The summed E-state index contributed by atoms with van der Waals surface area (Å²) in [4.78, 5) is 11.3. The first-order valence-corrected chi connectivity index (χ1v) is 6.44. The topological polar surface area (TPSA) is 46.5 Å². The number of carboxylic acid groups (broad SMARTS) is 1. The van der Waals surface area contributed by atoms with Gasteiger partial charge in [0.05, 0.1) is 7.11 Å². The van der Waals surface area contributed by atoms with Gasteiger partial charge < -0.3 is 9.84 Å². The highest BCUT2D eigenvalue weighted by molar-refractivity contribution is 5.91. The Hall–Kier alpha value is -1.51. The van der Waals surface area contributed by atoms with Gasteiger partial charge in [-0.15, -0.1) is 0 Å². The Morgan fingerprint density at radius 3 is 1.74 bits per heavy atom. The molecule has 1 aromatic rings. The fourth-order valence-electron chi connectivity index (χ4n) is 2.16. The molecule has 0 aliphatic heterocycles. The highest BCUT2D eigenvalue weighted by Gasteiger charge is 2.28. The van der Waals surface area contributed by atoms with E-state index in [9.17, 15) is 9.90 Å². The number of benzene rings is 1. The van der Waals surface area contributed by atoms with Crippen LogP contribution in [0.15, 0.2) is 12.1 Å². The maximum absolute atomic E-state index is 11.3. The number of aromatic carboxylic acids is 1. The van der Waals surface area contributed by atoms with Crippen molar-refractivity contribution in [1.82, 2.24) is 0 Å². The van der Waals surface area contributed by atoms with E-state index >= 15 is 0 Å². The SMILES string of the molecule is COc1cc(C(C)(C)C)c(C(C)(C)C)cc1C(=O)O. The normalized spacial score (nSPS) is 12.4. The molecule has 0 aromatic heterocycles. The molecule has 0 amide bonds. The lowest BCUT2D eigenvalue weighted by Gasteiger charge is -2.31. The predicted molar refractivity (Wildman–Crippen MR) is 77.4 cm³/mol. The molecule has 3 heteroatoms. The van der Waals surface area contributed by atoms with Crippen molar-refractivity contribution in [2.45, 2.75) is 52.4 Å². The monoisotopic (exact) mass is 264 g/mol. The van der Waals surface area contributed by atoms with Crippen LogP contribution in [-0.2, 0) is 10.8 Å². The van der Waals surface area contributed by atoms with Gasteiger partial charge in [-0.3, -0.25) is 0 Å². The summed E-state index contributed by atoms with van der Waals surface area (Å²) in [6, 6.07) is 3.62. The number of hydrogen-bond donors (Lipinski definition) is 1. The molecule has 0 saturated carbocycles. The van der Waals surface area contributed by atoms with Crippen molar-refractivity contribution in [1.29, 1.82) is 0 Å². The molecule has 0 heterocycles. The smallest absolute Gasteiger partial charge is 0.339 e. The van der Waals surface area contributed by atoms with E-state index in [0.29, 0.717) is 5.75 Å². The lowest BCUT2D eigenvalue weighted by molar-refractivity contribution is 0.0693. The molecule has 0 unspecified atom stereocenters. The summed E-state index contributed by atoms with van der Waals surface area (Å²) in [6.07, 6.45) is 0. The Bertz CT molecular complexity index is 488. The fourth-order valence-corrected chi connectivity index (χ4v) is 2.16. The summed E-state index contributed by atoms with van der Waals surface area (Å²) in [5, 5.41) is 9.30. The maximum Gasteiger partial charge on any atom is 0.339 e. The molecule has 0 radical (unpaired) electrons. The van der Waals surface area contributed by atoms with E-state index < -0.39 is 5.97 Å². The Labute approximate surface area is 115 Å². The predicted octanol–water partition coefficient (Wildman–Crippen LogP) is 3.99. The van der Waals surface area contributed by atoms with Crippen LogP contribution in [0.4, 0.5) is 0 Å². The third-order valence-corrected chi connectivity index (χ3v) is 3.19. The van der Waals surface area contributed by atoms with Gasteiger partial charge in [0.2, 0.25) is 0 Å². The summed E-state index contributed by atoms with van der Waals surface area (Å²) in [6.45, 7) is 12.6. The Morgan fingerprint density at radius 2 is 1.42 bits per heavy atom. The van der Waals surface area contributed by atoms with Crippen LogP contribution < -0.4 is 4.74 Å². The molecule has 1 aromatic carbocycles. The molecule has 19 heavy (non-hydrogen) atoms. The summed E-state index contributed by atoms with van der Waals surface area (Å²) in [5.74, 6) is -0.534. The number of carbonyl (C=O) groups is 1. The quantitative estimate of drug-likeness (QED) is 0.878. The molecule has 0 spiro atoms. The number of rotatable bonds is 2. The Balaban J connectivity index is 3.68. The molecule has 0 aliphatic rings. The van der Waals surface area contributed by atoms with Crippen LogP contribution in [0.3, 0.4) is 0 Å². The molecule has 0 atom stereocenters. The summed E-state index contributed by atoms with van der Waals surface area (Å²) in [7, 11) is 1.50. The second kappa shape index (κ2) is 4.87. The first-order valence-electron chi connectivity index (χ1n) is 6.44. The van der Waals surface area contributed by atoms with Crippen LogP contribution in [0.1, 0.15) is 63.0 Å². The number of methoxy groups -OCH3 is 1. The molecule has 106 valence electrons. The van der Waals surface area contributed by atoms with Gasteiger partial charge in [-0.2, -0.15) is 0 Å². The minimum Gasteiger partial charge on any atom is -0.496 e. The molecule has 1 N–H and O–H groups in total. The number of carboxylic acids is 1. The first-order chi connectivity index (χ1) is 8.48. The second-order valence-electron chi connectivity index (χ2n) is 6.90. The molecule has 1 rings (SSSR count). The largest absolute Gasteiger partial charge is 0.496 e. The standard InChI is InChI=1S/C16H24O3/c1-15(2,3)11-8-10(14(17)18)13(19-7)9-12(11)16(4,5)6/h8-9H,1-7H3,(H,17,18).